The van der Waals surface area contributed by atoms with Crippen LogP contribution in [0.4, 0.5) is 10.8 Å². The lowest BCUT2D eigenvalue weighted by atomic mass is 10.1. The molecule has 0 aliphatic heterocycles. The number of aryl methyl sites for hydroxylation is 1. The van der Waals surface area contributed by atoms with Crippen molar-refractivity contribution in [2.75, 3.05) is 21.6 Å². The SMILES string of the molecule is C=CCSc1nnc(NC(=O)c2ccc(CN(c3cccc(C)c3)S(C)(=O)=O)cc2)s1. The monoisotopic (exact) mass is 474 g/mol. The van der Waals surface area contributed by atoms with E-state index in [-0.39, 0.29) is 12.5 Å². The summed E-state index contributed by atoms with van der Waals surface area (Å²) in [6.45, 7) is 5.74. The molecule has 0 spiro atoms. The van der Waals surface area contributed by atoms with Gasteiger partial charge in [-0.25, -0.2) is 8.42 Å². The number of carbonyl (C=O) groups excluding carboxylic acids is 1. The molecule has 1 aromatic heterocycles. The Bertz CT molecular complexity index is 1170. The van der Waals surface area contributed by atoms with Crippen molar-refractivity contribution in [1.82, 2.24) is 10.2 Å². The van der Waals surface area contributed by atoms with Crippen LogP contribution in [-0.4, -0.2) is 36.5 Å². The van der Waals surface area contributed by atoms with E-state index in [1.807, 2.05) is 25.1 Å². The predicted molar refractivity (Wildman–Crippen MR) is 127 cm³/mol. The highest BCUT2D eigenvalue weighted by Gasteiger charge is 2.18. The molecular formula is C21H22N4O3S3. The van der Waals surface area contributed by atoms with Gasteiger partial charge in [0.15, 0.2) is 4.34 Å². The summed E-state index contributed by atoms with van der Waals surface area (Å²) in [5.74, 6) is 0.415. The Hall–Kier alpha value is -2.69. The third-order valence-corrected chi connectivity index (χ3v) is 7.29. The predicted octanol–water partition coefficient (Wildman–Crippen LogP) is 4.34. The van der Waals surface area contributed by atoms with Crippen molar-refractivity contribution < 1.29 is 13.2 Å². The first-order valence-electron chi connectivity index (χ1n) is 9.28. The van der Waals surface area contributed by atoms with Crippen LogP contribution in [0, 0.1) is 6.92 Å². The van der Waals surface area contributed by atoms with Crippen LogP contribution in [0.2, 0.25) is 0 Å². The fourth-order valence-corrected chi connectivity index (χ4v) is 5.12. The van der Waals surface area contributed by atoms with E-state index in [0.717, 1.165) is 21.2 Å². The number of hydrogen-bond acceptors (Lipinski definition) is 7. The van der Waals surface area contributed by atoms with Crippen molar-refractivity contribution in [2.24, 2.45) is 0 Å². The molecule has 0 atom stereocenters. The number of amides is 1. The quantitative estimate of drug-likeness (QED) is 0.282. The number of sulfonamides is 1. The summed E-state index contributed by atoms with van der Waals surface area (Å²) >= 11 is 2.79. The Morgan fingerprint density at radius 3 is 2.61 bits per heavy atom. The fraction of sp³-hybridized carbons (Fsp3) is 0.190. The molecular weight excluding hydrogens is 452 g/mol. The van der Waals surface area contributed by atoms with Gasteiger partial charge in [-0.2, -0.15) is 0 Å². The van der Waals surface area contributed by atoms with Crippen LogP contribution in [0.3, 0.4) is 0 Å². The molecule has 1 N–H and O–H groups in total. The minimum absolute atomic E-state index is 0.171. The van der Waals surface area contributed by atoms with Crippen LogP contribution in [0.15, 0.2) is 65.5 Å². The van der Waals surface area contributed by atoms with Gasteiger partial charge in [-0.3, -0.25) is 14.4 Å². The van der Waals surface area contributed by atoms with Gasteiger partial charge >= 0.3 is 0 Å². The molecule has 3 aromatic rings. The van der Waals surface area contributed by atoms with Gasteiger partial charge in [0.05, 0.1) is 18.5 Å². The largest absolute Gasteiger partial charge is 0.296 e. The first-order chi connectivity index (χ1) is 14.8. The summed E-state index contributed by atoms with van der Waals surface area (Å²) in [7, 11) is -3.47. The van der Waals surface area contributed by atoms with E-state index in [1.165, 1.54) is 33.7 Å². The molecule has 0 fully saturated rings. The summed E-state index contributed by atoms with van der Waals surface area (Å²) in [6, 6.07) is 14.1. The van der Waals surface area contributed by atoms with Crippen LogP contribution in [-0.2, 0) is 16.6 Å². The highest BCUT2D eigenvalue weighted by atomic mass is 32.2. The zero-order chi connectivity index (χ0) is 22.4. The molecule has 0 saturated heterocycles. The lowest BCUT2D eigenvalue weighted by molar-refractivity contribution is 0.102. The number of aromatic nitrogens is 2. The topological polar surface area (TPSA) is 92.3 Å². The molecule has 0 bridgehead atoms. The minimum atomic E-state index is -3.47. The summed E-state index contributed by atoms with van der Waals surface area (Å²) in [5.41, 5.74) is 2.79. The molecule has 2 aromatic carbocycles. The van der Waals surface area contributed by atoms with Crippen LogP contribution in [0.1, 0.15) is 21.5 Å². The number of benzene rings is 2. The Kier molecular flexibility index (Phi) is 7.47. The van der Waals surface area contributed by atoms with Gasteiger partial charge in [-0.15, -0.1) is 16.8 Å². The number of anilines is 2. The van der Waals surface area contributed by atoms with Gasteiger partial charge in [-0.1, -0.05) is 53.4 Å². The molecule has 0 unspecified atom stereocenters. The van der Waals surface area contributed by atoms with E-state index in [4.69, 9.17) is 0 Å². The number of rotatable bonds is 9. The highest BCUT2D eigenvalue weighted by molar-refractivity contribution is 8.01. The lowest BCUT2D eigenvalue weighted by Crippen LogP contribution is -2.29. The van der Waals surface area contributed by atoms with Crippen molar-refractivity contribution in [3.63, 3.8) is 0 Å². The molecule has 10 heteroatoms. The maximum absolute atomic E-state index is 12.5. The normalized spacial score (nSPS) is 11.2. The van der Waals surface area contributed by atoms with Crippen LogP contribution >= 0.6 is 23.1 Å². The van der Waals surface area contributed by atoms with E-state index in [0.29, 0.717) is 16.4 Å². The van der Waals surface area contributed by atoms with E-state index >= 15 is 0 Å². The summed E-state index contributed by atoms with van der Waals surface area (Å²) in [6.07, 6.45) is 2.95. The number of hydrogen-bond donors (Lipinski definition) is 1. The first-order valence-corrected chi connectivity index (χ1v) is 12.9. The highest BCUT2D eigenvalue weighted by Crippen LogP contribution is 2.26. The molecule has 3 rings (SSSR count). The summed E-state index contributed by atoms with van der Waals surface area (Å²) in [5, 5.41) is 11.1. The van der Waals surface area contributed by atoms with Crippen LogP contribution in [0.5, 0.6) is 0 Å². The third kappa shape index (κ3) is 6.39. The molecule has 0 radical (unpaired) electrons. The number of carbonyl (C=O) groups is 1. The molecule has 162 valence electrons. The van der Waals surface area contributed by atoms with Crippen LogP contribution in [0.25, 0.3) is 0 Å². The Morgan fingerprint density at radius 1 is 1.23 bits per heavy atom. The lowest BCUT2D eigenvalue weighted by Gasteiger charge is -2.23. The summed E-state index contributed by atoms with van der Waals surface area (Å²) in [4.78, 5) is 12.5. The van der Waals surface area contributed by atoms with Crippen molar-refractivity contribution in [1.29, 1.82) is 0 Å². The maximum atomic E-state index is 12.5. The van der Waals surface area contributed by atoms with Gasteiger partial charge in [0, 0.05) is 11.3 Å². The molecule has 0 aliphatic rings. The average molecular weight is 475 g/mol. The van der Waals surface area contributed by atoms with Crippen molar-refractivity contribution in [2.45, 2.75) is 17.8 Å². The smallest absolute Gasteiger partial charge is 0.257 e. The molecule has 0 saturated carbocycles. The minimum Gasteiger partial charge on any atom is -0.296 e. The second-order valence-electron chi connectivity index (χ2n) is 6.73. The van der Waals surface area contributed by atoms with Gasteiger partial charge in [0.2, 0.25) is 15.2 Å². The van der Waals surface area contributed by atoms with Crippen LogP contribution < -0.4 is 9.62 Å². The molecule has 1 heterocycles. The van der Waals surface area contributed by atoms with E-state index in [9.17, 15) is 13.2 Å². The second-order valence-corrected chi connectivity index (χ2v) is 10.9. The van der Waals surface area contributed by atoms with Gasteiger partial charge in [-0.05, 0) is 42.3 Å². The maximum Gasteiger partial charge on any atom is 0.257 e. The van der Waals surface area contributed by atoms with Crippen molar-refractivity contribution >= 4 is 49.8 Å². The summed E-state index contributed by atoms with van der Waals surface area (Å²) < 4.78 is 26.8. The Labute approximate surface area is 190 Å². The standard InChI is InChI=1S/C21H22N4O3S3/c1-4-12-29-21-24-23-20(30-21)22-19(26)17-10-8-16(9-11-17)14-25(31(3,27)28)18-7-5-6-15(2)13-18/h4-11,13H,1,12,14H2,2-3H3,(H,22,23,26). The van der Waals surface area contributed by atoms with Gasteiger partial charge in [0.25, 0.3) is 5.91 Å². The molecule has 0 aliphatic carbocycles. The third-order valence-electron chi connectivity index (χ3n) is 4.18. The van der Waals surface area contributed by atoms with E-state index in [2.05, 4.69) is 22.1 Å². The number of nitrogens with one attached hydrogen (secondary N) is 1. The van der Waals surface area contributed by atoms with Gasteiger partial charge in [0.1, 0.15) is 0 Å². The van der Waals surface area contributed by atoms with E-state index in [1.54, 1.807) is 36.4 Å². The molecule has 1 amide bonds. The number of nitrogens with zero attached hydrogens (tertiary/aromatic N) is 3. The average Bonchev–Trinajstić information content (AvgIpc) is 3.17. The Balaban J connectivity index is 1.70. The molecule has 31 heavy (non-hydrogen) atoms. The van der Waals surface area contributed by atoms with E-state index < -0.39 is 10.0 Å². The fourth-order valence-electron chi connectivity index (χ4n) is 2.73. The Morgan fingerprint density at radius 2 is 1.97 bits per heavy atom. The van der Waals surface area contributed by atoms with Crippen molar-refractivity contribution in [3.05, 3.63) is 77.9 Å². The zero-order valence-corrected chi connectivity index (χ0v) is 19.6. The molecule has 7 nitrogen and oxygen atoms in total. The number of thioether (sulfide) groups is 1. The second kappa shape index (κ2) is 10.1. The zero-order valence-electron chi connectivity index (χ0n) is 17.1. The first kappa shape index (κ1) is 23.0. The van der Waals surface area contributed by atoms with Crippen molar-refractivity contribution in [3.8, 4) is 0 Å². The van der Waals surface area contributed by atoms with Gasteiger partial charge < -0.3 is 0 Å².